The van der Waals surface area contributed by atoms with Crippen molar-refractivity contribution in [3.63, 3.8) is 0 Å². The number of carbonyl (C=O) groups is 1. The van der Waals surface area contributed by atoms with Crippen LogP contribution in [0.15, 0.2) is 24.3 Å². The van der Waals surface area contributed by atoms with Gasteiger partial charge < -0.3 is 15.0 Å². The second-order valence-electron chi connectivity index (χ2n) is 7.17. The third-order valence-corrected chi connectivity index (χ3v) is 3.92. The van der Waals surface area contributed by atoms with Crippen LogP contribution in [0, 0.1) is 11.7 Å². The molecule has 1 saturated heterocycles. The van der Waals surface area contributed by atoms with Crippen LogP contribution in [-0.4, -0.2) is 36.2 Å². The quantitative estimate of drug-likeness (QED) is 0.921. The van der Waals surface area contributed by atoms with E-state index in [4.69, 9.17) is 4.74 Å². The smallest absolute Gasteiger partial charge is 0.410 e. The Bertz CT molecular complexity index is 520. The maximum atomic E-state index is 13.1. The van der Waals surface area contributed by atoms with E-state index in [1.807, 2.05) is 26.8 Å². The van der Waals surface area contributed by atoms with Crippen LogP contribution < -0.4 is 5.32 Å². The van der Waals surface area contributed by atoms with Crippen molar-refractivity contribution < 1.29 is 13.9 Å². The summed E-state index contributed by atoms with van der Waals surface area (Å²) in [5.41, 5.74) is 0.511. The van der Waals surface area contributed by atoms with Gasteiger partial charge in [-0.25, -0.2) is 9.18 Å². The first-order valence-corrected chi connectivity index (χ1v) is 8.26. The van der Waals surface area contributed by atoms with Crippen molar-refractivity contribution in [1.29, 1.82) is 0 Å². The van der Waals surface area contributed by atoms with Gasteiger partial charge in [-0.05, 0) is 63.8 Å². The average Bonchev–Trinajstić information content (AvgIpc) is 2.46. The van der Waals surface area contributed by atoms with Crippen LogP contribution in [0.4, 0.5) is 9.18 Å². The van der Waals surface area contributed by atoms with Crippen molar-refractivity contribution >= 4 is 6.09 Å². The largest absolute Gasteiger partial charge is 0.444 e. The number of nitrogens with zero attached hydrogens (tertiary/aromatic N) is 1. The lowest BCUT2D eigenvalue weighted by Crippen LogP contribution is -2.43. The summed E-state index contributed by atoms with van der Waals surface area (Å²) in [4.78, 5) is 13.8. The van der Waals surface area contributed by atoms with Gasteiger partial charge in [0.05, 0.1) is 0 Å². The highest BCUT2D eigenvalue weighted by Crippen LogP contribution is 2.19. The fraction of sp³-hybridized carbons (Fsp3) is 0.611. The summed E-state index contributed by atoms with van der Waals surface area (Å²) in [5.74, 6) is 0.345. The number of hydrogen-bond acceptors (Lipinski definition) is 3. The predicted molar refractivity (Wildman–Crippen MR) is 88.6 cm³/mol. The molecule has 0 aromatic heterocycles. The van der Waals surface area contributed by atoms with Gasteiger partial charge in [0.25, 0.3) is 0 Å². The maximum absolute atomic E-state index is 13.1. The first kappa shape index (κ1) is 17.7. The molecule has 1 heterocycles. The molecule has 1 aromatic rings. The molecule has 4 nitrogen and oxygen atoms in total. The molecule has 128 valence electrons. The van der Waals surface area contributed by atoms with Gasteiger partial charge in [-0.3, -0.25) is 0 Å². The second kappa shape index (κ2) is 7.77. The minimum absolute atomic E-state index is 0.199. The lowest BCUT2D eigenvalue weighted by molar-refractivity contribution is 0.0184. The van der Waals surface area contributed by atoms with Crippen LogP contribution in [0.5, 0.6) is 0 Å². The Hall–Kier alpha value is -1.62. The first-order valence-electron chi connectivity index (χ1n) is 8.26. The number of ether oxygens (including phenoxy) is 1. The van der Waals surface area contributed by atoms with E-state index in [-0.39, 0.29) is 11.9 Å². The zero-order valence-corrected chi connectivity index (χ0v) is 14.3. The number of hydrogen-bond donors (Lipinski definition) is 1. The zero-order valence-electron chi connectivity index (χ0n) is 14.3. The summed E-state index contributed by atoms with van der Waals surface area (Å²) in [7, 11) is 0. The van der Waals surface area contributed by atoms with Crippen molar-refractivity contribution in [2.75, 3.05) is 19.6 Å². The second-order valence-corrected chi connectivity index (χ2v) is 7.17. The lowest BCUT2D eigenvalue weighted by atomic mass is 9.97. The summed E-state index contributed by atoms with van der Waals surface area (Å²) >= 11 is 0. The van der Waals surface area contributed by atoms with Gasteiger partial charge in [0, 0.05) is 19.6 Å². The lowest BCUT2D eigenvalue weighted by Gasteiger charge is -2.33. The fourth-order valence-corrected chi connectivity index (χ4v) is 2.71. The van der Waals surface area contributed by atoms with Crippen LogP contribution in [0.25, 0.3) is 0 Å². The van der Waals surface area contributed by atoms with Gasteiger partial charge in [0.1, 0.15) is 11.4 Å². The molecule has 1 aliphatic rings. The number of piperidine rings is 1. The number of benzene rings is 1. The normalized spacial score (nSPS) is 16.4. The highest BCUT2D eigenvalue weighted by Gasteiger charge is 2.26. The van der Waals surface area contributed by atoms with Gasteiger partial charge >= 0.3 is 6.09 Å². The van der Waals surface area contributed by atoms with E-state index >= 15 is 0 Å². The van der Waals surface area contributed by atoms with Crippen LogP contribution >= 0.6 is 0 Å². The molecule has 1 aliphatic heterocycles. The van der Waals surface area contributed by atoms with E-state index in [9.17, 15) is 9.18 Å². The molecule has 0 spiro atoms. The first-order chi connectivity index (χ1) is 10.8. The Labute approximate surface area is 138 Å². The summed E-state index contributed by atoms with van der Waals surface area (Å²) in [6.45, 7) is 8.68. The van der Waals surface area contributed by atoms with Gasteiger partial charge in [0.2, 0.25) is 0 Å². The van der Waals surface area contributed by atoms with Crippen molar-refractivity contribution in [2.24, 2.45) is 5.92 Å². The zero-order chi connectivity index (χ0) is 16.9. The molecule has 0 unspecified atom stereocenters. The number of carbonyl (C=O) groups excluding carboxylic acids is 1. The Kier molecular flexibility index (Phi) is 5.99. The summed E-state index contributed by atoms with van der Waals surface area (Å²) in [6, 6.07) is 6.65. The SMILES string of the molecule is CC(C)(C)OC(=O)N1CCC(CNCc2cccc(F)c2)CC1. The van der Waals surface area contributed by atoms with Crippen molar-refractivity contribution in [3.8, 4) is 0 Å². The Morgan fingerprint density at radius 1 is 1.35 bits per heavy atom. The van der Waals surface area contributed by atoms with Crippen LogP contribution in [0.3, 0.4) is 0 Å². The molecule has 1 aromatic carbocycles. The molecule has 0 saturated carbocycles. The van der Waals surface area contributed by atoms with E-state index in [1.165, 1.54) is 6.07 Å². The third-order valence-electron chi connectivity index (χ3n) is 3.92. The van der Waals surface area contributed by atoms with Gasteiger partial charge in [-0.1, -0.05) is 12.1 Å². The van der Waals surface area contributed by atoms with Crippen LogP contribution in [0.1, 0.15) is 39.2 Å². The Balaban J connectivity index is 1.68. The van der Waals surface area contributed by atoms with E-state index < -0.39 is 5.60 Å². The topological polar surface area (TPSA) is 41.6 Å². The molecule has 0 bridgehead atoms. The minimum Gasteiger partial charge on any atom is -0.444 e. The van der Waals surface area contributed by atoms with Crippen molar-refractivity contribution in [2.45, 2.75) is 45.8 Å². The molecule has 0 aliphatic carbocycles. The Morgan fingerprint density at radius 3 is 2.65 bits per heavy atom. The number of halogens is 1. The molecule has 5 heteroatoms. The average molecular weight is 322 g/mol. The molecule has 0 atom stereocenters. The van der Waals surface area contributed by atoms with Crippen molar-refractivity contribution in [3.05, 3.63) is 35.6 Å². The van der Waals surface area contributed by atoms with E-state index in [0.29, 0.717) is 12.5 Å². The number of nitrogens with one attached hydrogen (secondary N) is 1. The third kappa shape index (κ3) is 6.18. The summed E-state index contributed by atoms with van der Waals surface area (Å²) < 4.78 is 18.5. The molecule has 23 heavy (non-hydrogen) atoms. The van der Waals surface area contributed by atoms with Gasteiger partial charge in [-0.2, -0.15) is 0 Å². The molecule has 1 amide bonds. The number of likely N-dealkylation sites (tertiary alicyclic amines) is 1. The van der Waals surface area contributed by atoms with Gasteiger partial charge in [-0.15, -0.1) is 0 Å². The fourth-order valence-electron chi connectivity index (χ4n) is 2.71. The minimum atomic E-state index is -0.444. The van der Waals surface area contributed by atoms with Crippen molar-refractivity contribution in [1.82, 2.24) is 10.2 Å². The predicted octanol–water partition coefficient (Wildman–Crippen LogP) is 3.56. The van der Waals surface area contributed by atoms with Crippen LogP contribution in [0.2, 0.25) is 0 Å². The molecule has 2 rings (SSSR count). The highest BCUT2D eigenvalue weighted by atomic mass is 19.1. The Morgan fingerprint density at radius 2 is 2.04 bits per heavy atom. The highest BCUT2D eigenvalue weighted by molar-refractivity contribution is 5.68. The standard InChI is InChI=1S/C18H27FN2O2/c1-18(2,3)23-17(22)21-9-7-14(8-10-21)12-20-13-15-5-4-6-16(19)11-15/h4-6,11,14,20H,7-10,12-13H2,1-3H3. The van der Waals surface area contributed by atoms with E-state index in [1.54, 1.807) is 17.0 Å². The molecular weight excluding hydrogens is 295 g/mol. The number of amides is 1. The number of rotatable bonds is 4. The van der Waals surface area contributed by atoms with Gasteiger partial charge in [0.15, 0.2) is 0 Å². The molecule has 1 N–H and O–H groups in total. The van der Waals surface area contributed by atoms with Crippen LogP contribution in [-0.2, 0) is 11.3 Å². The molecule has 1 fully saturated rings. The molecule has 0 radical (unpaired) electrons. The summed E-state index contributed by atoms with van der Waals surface area (Å²) in [5, 5.41) is 3.38. The molecular formula is C18H27FN2O2. The maximum Gasteiger partial charge on any atom is 0.410 e. The van der Waals surface area contributed by atoms with E-state index in [0.717, 1.165) is 38.0 Å². The summed E-state index contributed by atoms with van der Waals surface area (Å²) in [6.07, 6.45) is 1.72. The monoisotopic (exact) mass is 322 g/mol. The van der Waals surface area contributed by atoms with E-state index in [2.05, 4.69) is 5.32 Å².